The van der Waals surface area contributed by atoms with Crippen molar-refractivity contribution in [2.24, 2.45) is 0 Å². The largest absolute Gasteiger partial charge is 0.261 e. The van der Waals surface area contributed by atoms with Crippen molar-refractivity contribution in [2.45, 2.75) is 29.2 Å². The molecule has 0 saturated carbocycles. The van der Waals surface area contributed by atoms with Crippen LogP contribution in [0.3, 0.4) is 0 Å². The SMILES string of the molecule is CC(CCS(C)=O)NS(=O)(=O)c1ccc(S(=O)(=O)Cl)cc1. The highest BCUT2D eigenvalue weighted by Gasteiger charge is 2.18. The molecule has 120 valence electrons. The van der Waals surface area contributed by atoms with Gasteiger partial charge in [-0.15, -0.1) is 0 Å². The van der Waals surface area contributed by atoms with Gasteiger partial charge in [-0.3, -0.25) is 4.21 Å². The molecule has 0 spiro atoms. The van der Waals surface area contributed by atoms with E-state index in [1.807, 2.05) is 0 Å². The van der Waals surface area contributed by atoms with Crippen molar-refractivity contribution in [3.63, 3.8) is 0 Å². The van der Waals surface area contributed by atoms with Gasteiger partial charge in [-0.25, -0.2) is 21.6 Å². The first-order chi connectivity index (χ1) is 9.52. The third-order valence-electron chi connectivity index (χ3n) is 2.61. The molecule has 1 N–H and O–H groups in total. The molecule has 0 bridgehead atoms. The van der Waals surface area contributed by atoms with Gasteiger partial charge < -0.3 is 0 Å². The zero-order valence-electron chi connectivity index (χ0n) is 11.4. The van der Waals surface area contributed by atoms with Crippen LogP contribution in [0.4, 0.5) is 0 Å². The molecular weight excluding hydrogens is 358 g/mol. The van der Waals surface area contributed by atoms with Crippen LogP contribution in [-0.4, -0.2) is 39.1 Å². The van der Waals surface area contributed by atoms with Crippen LogP contribution < -0.4 is 4.72 Å². The van der Waals surface area contributed by atoms with Gasteiger partial charge in [-0.05, 0) is 37.6 Å². The Morgan fingerprint density at radius 2 is 1.62 bits per heavy atom. The number of hydrogen-bond acceptors (Lipinski definition) is 5. The van der Waals surface area contributed by atoms with Crippen molar-refractivity contribution >= 4 is 40.6 Å². The zero-order valence-corrected chi connectivity index (χ0v) is 14.7. The van der Waals surface area contributed by atoms with Gasteiger partial charge in [-0.2, -0.15) is 0 Å². The lowest BCUT2D eigenvalue weighted by Gasteiger charge is -2.13. The van der Waals surface area contributed by atoms with Gasteiger partial charge in [0.25, 0.3) is 9.05 Å². The fourth-order valence-electron chi connectivity index (χ4n) is 1.52. The minimum absolute atomic E-state index is 0.0592. The summed E-state index contributed by atoms with van der Waals surface area (Å²) in [6.45, 7) is 1.67. The Hall–Kier alpha value is -0.480. The second kappa shape index (κ2) is 7.19. The molecule has 0 radical (unpaired) electrons. The van der Waals surface area contributed by atoms with E-state index in [0.29, 0.717) is 12.2 Å². The quantitative estimate of drug-likeness (QED) is 0.720. The van der Waals surface area contributed by atoms with Gasteiger partial charge in [0.05, 0.1) is 9.79 Å². The Balaban J connectivity index is 2.86. The second-order valence-electron chi connectivity index (χ2n) is 4.50. The third kappa shape index (κ3) is 6.03. The van der Waals surface area contributed by atoms with E-state index in [2.05, 4.69) is 4.72 Å². The zero-order chi connectivity index (χ0) is 16.3. The van der Waals surface area contributed by atoms with E-state index in [1.54, 1.807) is 13.2 Å². The summed E-state index contributed by atoms with van der Waals surface area (Å²) in [5.74, 6) is 0.396. The number of nitrogens with one attached hydrogen (secondary N) is 1. The van der Waals surface area contributed by atoms with Gasteiger partial charge in [0.2, 0.25) is 10.0 Å². The number of sulfonamides is 1. The first-order valence-electron chi connectivity index (χ1n) is 5.89. The Kier molecular flexibility index (Phi) is 6.36. The molecular formula is C11H16ClNO5S3. The summed E-state index contributed by atoms with van der Waals surface area (Å²) in [6.07, 6.45) is 1.99. The molecule has 1 aromatic carbocycles. The number of hydrogen-bond donors (Lipinski definition) is 1. The van der Waals surface area contributed by atoms with Crippen molar-refractivity contribution in [3.8, 4) is 0 Å². The highest BCUT2D eigenvalue weighted by atomic mass is 35.7. The Labute approximate surface area is 131 Å². The average molecular weight is 374 g/mol. The molecule has 1 aromatic rings. The lowest BCUT2D eigenvalue weighted by molar-refractivity contribution is 0.555. The topological polar surface area (TPSA) is 97.4 Å². The van der Waals surface area contributed by atoms with Crippen LogP contribution >= 0.6 is 10.7 Å². The summed E-state index contributed by atoms with van der Waals surface area (Å²) in [6, 6.07) is 4.21. The minimum atomic E-state index is -3.88. The molecule has 2 unspecified atom stereocenters. The van der Waals surface area contributed by atoms with E-state index >= 15 is 0 Å². The number of benzene rings is 1. The maximum atomic E-state index is 12.1. The highest BCUT2D eigenvalue weighted by Crippen LogP contribution is 2.18. The third-order valence-corrected chi connectivity index (χ3v) is 6.40. The fourth-order valence-corrected chi connectivity index (χ4v) is 4.25. The molecule has 0 heterocycles. The van der Waals surface area contributed by atoms with Crippen molar-refractivity contribution in [1.29, 1.82) is 0 Å². The normalized spacial score (nSPS) is 15.6. The van der Waals surface area contributed by atoms with Crippen LogP contribution in [-0.2, 0) is 29.9 Å². The van der Waals surface area contributed by atoms with E-state index < -0.39 is 29.9 Å². The lowest BCUT2D eigenvalue weighted by atomic mass is 10.3. The van der Waals surface area contributed by atoms with Crippen LogP contribution in [0.1, 0.15) is 13.3 Å². The molecule has 0 aliphatic rings. The molecule has 2 atom stereocenters. The van der Waals surface area contributed by atoms with Crippen molar-refractivity contribution in [3.05, 3.63) is 24.3 Å². The van der Waals surface area contributed by atoms with Gasteiger partial charge in [0.1, 0.15) is 0 Å². The van der Waals surface area contributed by atoms with Gasteiger partial charge in [-0.1, -0.05) is 0 Å². The summed E-state index contributed by atoms with van der Waals surface area (Å²) < 4.78 is 59.8. The Bertz CT molecular complexity index is 713. The summed E-state index contributed by atoms with van der Waals surface area (Å²) >= 11 is 0. The first-order valence-corrected chi connectivity index (χ1v) is 11.4. The maximum absolute atomic E-state index is 12.1. The van der Waals surface area contributed by atoms with Crippen LogP contribution in [0.25, 0.3) is 0 Å². The predicted octanol–water partition coefficient (Wildman–Crippen LogP) is 1.05. The smallest absolute Gasteiger partial charge is 0.260 e. The highest BCUT2D eigenvalue weighted by molar-refractivity contribution is 8.13. The van der Waals surface area contributed by atoms with Gasteiger partial charge in [0.15, 0.2) is 0 Å². The van der Waals surface area contributed by atoms with E-state index in [9.17, 15) is 21.0 Å². The summed E-state index contributed by atoms with van der Waals surface area (Å²) in [5, 5.41) is 0. The van der Waals surface area contributed by atoms with Crippen molar-refractivity contribution in [1.82, 2.24) is 4.72 Å². The van der Waals surface area contributed by atoms with Crippen molar-refractivity contribution < 1.29 is 21.0 Å². The van der Waals surface area contributed by atoms with Gasteiger partial charge >= 0.3 is 0 Å². The lowest BCUT2D eigenvalue weighted by Crippen LogP contribution is -2.33. The molecule has 0 aliphatic heterocycles. The predicted molar refractivity (Wildman–Crippen MR) is 82.8 cm³/mol. The standard InChI is InChI=1S/C11H16ClNO5S3/c1-9(7-8-19(2)14)13-21(17,18)11-5-3-10(4-6-11)20(12,15)16/h3-6,9,13H,7-8H2,1-2H3. The number of halogens is 1. The van der Waals surface area contributed by atoms with E-state index in [1.165, 1.54) is 12.1 Å². The average Bonchev–Trinajstić information content (AvgIpc) is 2.35. The monoisotopic (exact) mass is 373 g/mol. The molecule has 0 aliphatic carbocycles. The molecule has 0 aromatic heterocycles. The molecule has 10 heteroatoms. The van der Waals surface area contributed by atoms with E-state index in [-0.39, 0.29) is 15.8 Å². The minimum Gasteiger partial charge on any atom is -0.260 e. The van der Waals surface area contributed by atoms with Crippen LogP contribution in [0.15, 0.2) is 34.1 Å². The van der Waals surface area contributed by atoms with Crippen molar-refractivity contribution in [2.75, 3.05) is 12.0 Å². The maximum Gasteiger partial charge on any atom is 0.261 e. The molecule has 1 rings (SSSR count). The fraction of sp³-hybridized carbons (Fsp3) is 0.455. The first kappa shape index (κ1) is 18.6. The second-order valence-corrected chi connectivity index (χ2v) is 10.3. The summed E-state index contributed by atoms with van der Waals surface area (Å²) in [4.78, 5) is -0.228. The molecule has 0 amide bonds. The molecule has 0 fully saturated rings. The van der Waals surface area contributed by atoms with E-state index in [0.717, 1.165) is 12.1 Å². The Morgan fingerprint density at radius 3 is 2.05 bits per heavy atom. The summed E-state index contributed by atoms with van der Waals surface area (Å²) in [7, 11) is -3.47. The molecule has 21 heavy (non-hydrogen) atoms. The number of rotatable bonds is 7. The van der Waals surface area contributed by atoms with E-state index in [4.69, 9.17) is 10.7 Å². The van der Waals surface area contributed by atoms with Crippen LogP contribution in [0, 0.1) is 0 Å². The molecule has 0 saturated heterocycles. The Morgan fingerprint density at radius 1 is 1.14 bits per heavy atom. The van der Waals surface area contributed by atoms with Gasteiger partial charge in [0, 0.05) is 39.5 Å². The molecule has 6 nitrogen and oxygen atoms in total. The van der Waals surface area contributed by atoms with Crippen LogP contribution in [0.2, 0.25) is 0 Å². The van der Waals surface area contributed by atoms with Crippen LogP contribution in [0.5, 0.6) is 0 Å². The summed E-state index contributed by atoms with van der Waals surface area (Å²) in [5.41, 5.74) is 0.